The smallest absolute Gasteiger partial charge is 0.217 e. The maximum atomic E-state index is 6.08. The summed E-state index contributed by atoms with van der Waals surface area (Å²) in [5, 5.41) is 4.70. The highest BCUT2D eigenvalue weighted by Crippen LogP contribution is 2.31. The lowest BCUT2D eigenvalue weighted by molar-refractivity contribution is 0.282. The normalized spacial score (nSPS) is 22.4. The molecular weight excluding hydrogens is 396 g/mol. The van der Waals surface area contributed by atoms with Gasteiger partial charge in [0, 0.05) is 11.1 Å². The summed E-state index contributed by atoms with van der Waals surface area (Å²) in [7, 11) is 0. The molecule has 0 saturated carbocycles. The van der Waals surface area contributed by atoms with E-state index in [0.717, 1.165) is 46.5 Å². The fraction of sp³-hybridized carbons (Fsp3) is 0.429. The molecule has 4 nitrogen and oxygen atoms in total. The highest BCUT2D eigenvalue weighted by atomic mass is 16.5. The van der Waals surface area contributed by atoms with Crippen molar-refractivity contribution in [2.24, 2.45) is 21.8 Å². The predicted octanol–water partition coefficient (Wildman–Crippen LogP) is 6.38. The molecule has 5 rings (SSSR count). The lowest BCUT2D eigenvalue weighted by Crippen LogP contribution is -2.16. The van der Waals surface area contributed by atoms with Gasteiger partial charge in [-0.2, -0.15) is 0 Å². The largest absolute Gasteiger partial charge is 0.475 e. The summed E-state index contributed by atoms with van der Waals surface area (Å²) in [6.07, 6.45) is 2.21. The predicted molar refractivity (Wildman–Crippen MR) is 133 cm³/mol. The molecule has 4 heteroatoms. The number of ether oxygens (including phenoxy) is 2. The summed E-state index contributed by atoms with van der Waals surface area (Å²) in [6, 6.07) is 17.7. The molecule has 166 valence electrons. The van der Waals surface area contributed by atoms with Crippen LogP contribution in [0.15, 0.2) is 58.5 Å². The van der Waals surface area contributed by atoms with Crippen molar-refractivity contribution >= 4 is 33.3 Å². The molecular formula is C28H32N2O2. The van der Waals surface area contributed by atoms with Crippen molar-refractivity contribution < 1.29 is 9.47 Å². The number of fused-ring (bicyclic) bond motifs is 2. The molecule has 0 aromatic heterocycles. The fourth-order valence-electron chi connectivity index (χ4n) is 4.63. The van der Waals surface area contributed by atoms with Crippen molar-refractivity contribution in [3.8, 4) is 0 Å². The second-order valence-corrected chi connectivity index (χ2v) is 9.30. The third kappa shape index (κ3) is 3.66. The molecule has 0 bridgehead atoms. The number of benzene rings is 3. The molecule has 0 aliphatic carbocycles. The number of rotatable bonds is 6. The summed E-state index contributed by atoms with van der Waals surface area (Å²) in [5.74, 6) is 2.57. The SMILES string of the molecule is CCC(C)C1COC(c2cccc3cc4cccc(C5=NC(C(C)CC)CO5)c4cc23)=N1. The van der Waals surface area contributed by atoms with Crippen LogP contribution in [-0.4, -0.2) is 37.1 Å². The first-order valence-corrected chi connectivity index (χ1v) is 12.0. The van der Waals surface area contributed by atoms with Gasteiger partial charge < -0.3 is 9.47 Å². The van der Waals surface area contributed by atoms with Gasteiger partial charge in [-0.1, -0.05) is 64.8 Å². The van der Waals surface area contributed by atoms with E-state index in [9.17, 15) is 0 Å². The van der Waals surface area contributed by atoms with Gasteiger partial charge in [0.2, 0.25) is 11.8 Å². The van der Waals surface area contributed by atoms with Gasteiger partial charge >= 0.3 is 0 Å². The van der Waals surface area contributed by atoms with Gasteiger partial charge in [0.15, 0.2) is 0 Å². The summed E-state index contributed by atoms with van der Waals surface area (Å²) in [4.78, 5) is 9.89. The minimum atomic E-state index is 0.236. The summed E-state index contributed by atoms with van der Waals surface area (Å²) < 4.78 is 12.2. The molecule has 4 unspecified atom stereocenters. The van der Waals surface area contributed by atoms with Gasteiger partial charge in [0.05, 0.1) is 12.1 Å². The van der Waals surface area contributed by atoms with Crippen molar-refractivity contribution in [3.05, 3.63) is 59.7 Å². The Bertz CT molecular complexity index is 1120. The van der Waals surface area contributed by atoms with Gasteiger partial charge in [-0.25, -0.2) is 9.98 Å². The van der Waals surface area contributed by atoms with Crippen LogP contribution >= 0.6 is 0 Å². The third-order valence-electron chi connectivity index (χ3n) is 7.29. The van der Waals surface area contributed by atoms with Crippen LogP contribution in [0.5, 0.6) is 0 Å². The molecule has 0 fully saturated rings. The summed E-state index contributed by atoms with van der Waals surface area (Å²) in [6.45, 7) is 10.3. The van der Waals surface area contributed by atoms with Crippen molar-refractivity contribution in [2.45, 2.75) is 52.6 Å². The highest BCUT2D eigenvalue weighted by molar-refractivity contribution is 6.15. The van der Waals surface area contributed by atoms with E-state index in [1.807, 2.05) is 0 Å². The minimum Gasteiger partial charge on any atom is -0.475 e. The van der Waals surface area contributed by atoms with Crippen LogP contribution in [0.1, 0.15) is 51.7 Å². The average Bonchev–Trinajstić information content (AvgIpc) is 3.51. The van der Waals surface area contributed by atoms with Gasteiger partial charge in [-0.15, -0.1) is 0 Å². The molecule has 0 radical (unpaired) electrons. The zero-order valence-corrected chi connectivity index (χ0v) is 19.5. The Morgan fingerprint density at radius 1 is 0.750 bits per heavy atom. The quantitative estimate of drug-likeness (QED) is 0.428. The van der Waals surface area contributed by atoms with Crippen molar-refractivity contribution in [2.75, 3.05) is 13.2 Å². The zero-order chi connectivity index (χ0) is 22.2. The monoisotopic (exact) mass is 428 g/mol. The van der Waals surface area contributed by atoms with Gasteiger partial charge in [-0.3, -0.25) is 0 Å². The minimum absolute atomic E-state index is 0.236. The molecule has 0 saturated heterocycles. The Balaban J connectivity index is 1.62. The molecule has 2 aliphatic heterocycles. The molecule has 2 aliphatic rings. The fourth-order valence-corrected chi connectivity index (χ4v) is 4.63. The van der Waals surface area contributed by atoms with E-state index in [0.29, 0.717) is 25.0 Å². The van der Waals surface area contributed by atoms with Crippen LogP contribution in [0.25, 0.3) is 21.5 Å². The van der Waals surface area contributed by atoms with Crippen LogP contribution in [0.3, 0.4) is 0 Å². The second-order valence-electron chi connectivity index (χ2n) is 9.30. The summed E-state index contributed by atoms with van der Waals surface area (Å²) in [5.41, 5.74) is 2.13. The first-order valence-electron chi connectivity index (χ1n) is 12.0. The Kier molecular flexibility index (Phi) is 5.62. The van der Waals surface area contributed by atoms with E-state index in [1.54, 1.807) is 0 Å². The van der Waals surface area contributed by atoms with Crippen molar-refractivity contribution in [3.63, 3.8) is 0 Å². The van der Waals surface area contributed by atoms with E-state index < -0.39 is 0 Å². The molecule has 0 amide bonds. The van der Waals surface area contributed by atoms with E-state index >= 15 is 0 Å². The second kappa shape index (κ2) is 8.57. The molecule has 3 aromatic rings. The molecule has 3 aromatic carbocycles. The summed E-state index contributed by atoms with van der Waals surface area (Å²) >= 11 is 0. The first-order chi connectivity index (χ1) is 15.6. The maximum Gasteiger partial charge on any atom is 0.217 e. The van der Waals surface area contributed by atoms with Gasteiger partial charge in [0.1, 0.15) is 13.2 Å². The van der Waals surface area contributed by atoms with Gasteiger partial charge in [0.25, 0.3) is 0 Å². The number of nitrogens with zero attached hydrogens (tertiary/aromatic N) is 2. The molecule has 0 spiro atoms. The van der Waals surface area contributed by atoms with Gasteiger partial charge in [-0.05, 0) is 57.6 Å². The van der Waals surface area contributed by atoms with Crippen LogP contribution in [0.4, 0.5) is 0 Å². The molecule has 2 heterocycles. The Hall–Kier alpha value is -2.88. The van der Waals surface area contributed by atoms with Crippen LogP contribution in [0.2, 0.25) is 0 Å². The number of hydrogen-bond donors (Lipinski definition) is 0. The Morgan fingerprint density at radius 2 is 1.22 bits per heavy atom. The average molecular weight is 429 g/mol. The highest BCUT2D eigenvalue weighted by Gasteiger charge is 2.27. The zero-order valence-electron chi connectivity index (χ0n) is 19.5. The topological polar surface area (TPSA) is 43.2 Å². The molecule has 4 atom stereocenters. The number of aliphatic imine (C=N–C) groups is 2. The van der Waals surface area contributed by atoms with E-state index in [1.165, 1.54) is 10.8 Å². The lowest BCUT2D eigenvalue weighted by atomic mass is 9.96. The van der Waals surface area contributed by atoms with E-state index in [-0.39, 0.29) is 12.1 Å². The lowest BCUT2D eigenvalue weighted by Gasteiger charge is -2.11. The Morgan fingerprint density at radius 3 is 1.66 bits per heavy atom. The molecule has 0 N–H and O–H groups in total. The van der Waals surface area contributed by atoms with E-state index in [4.69, 9.17) is 19.5 Å². The standard InChI is InChI=1S/C28H32N2O2/c1-5-17(3)25-15-31-27(29-25)21-11-7-9-19-13-20-10-8-12-22(24(20)14-23(19)21)28-30-26(16-32-28)18(4)6-2/h7-14,17-18,25-26H,5-6,15-16H2,1-4H3. The van der Waals surface area contributed by atoms with Crippen LogP contribution in [-0.2, 0) is 9.47 Å². The number of hydrogen-bond acceptors (Lipinski definition) is 4. The Labute approximate surface area is 190 Å². The van der Waals surface area contributed by atoms with Crippen molar-refractivity contribution in [1.82, 2.24) is 0 Å². The third-order valence-corrected chi connectivity index (χ3v) is 7.29. The van der Waals surface area contributed by atoms with Crippen LogP contribution < -0.4 is 0 Å². The maximum absolute atomic E-state index is 6.08. The first kappa shape index (κ1) is 21.0. The van der Waals surface area contributed by atoms with E-state index in [2.05, 4.69) is 76.2 Å². The van der Waals surface area contributed by atoms with Crippen molar-refractivity contribution in [1.29, 1.82) is 0 Å². The molecule has 32 heavy (non-hydrogen) atoms. The van der Waals surface area contributed by atoms with Crippen LogP contribution in [0, 0.1) is 11.8 Å².